The van der Waals surface area contributed by atoms with Crippen molar-refractivity contribution < 1.29 is 4.52 Å². The first-order chi connectivity index (χ1) is 6.29. The highest BCUT2D eigenvalue weighted by Crippen LogP contribution is 2.27. The van der Waals surface area contributed by atoms with Crippen LogP contribution < -0.4 is 5.32 Å². The minimum Gasteiger partial charge on any atom is -0.361 e. The Balaban J connectivity index is 2.22. The Kier molecular flexibility index (Phi) is 2.36. The first-order valence-corrected chi connectivity index (χ1v) is 4.95. The molecule has 1 saturated heterocycles. The zero-order valence-corrected chi connectivity index (χ0v) is 8.26. The third-order valence-corrected chi connectivity index (χ3v) is 2.75. The van der Waals surface area contributed by atoms with Gasteiger partial charge in [-0.1, -0.05) is 11.6 Å². The highest BCUT2D eigenvalue weighted by Gasteiger charge is 2.21. The van der Waals surface area contributed by atoms with Gasteiger partial charge in [-0.15, -0.1) is 0 Å². The molecule has 0 amide bonds. The van der Waals surface area contributed by atoms with Crippen molar-refractivity contribution in [3.05, 3.63) is 17.0 Å². The lowest BCUT2D eigenvalue weighted by atomic mass is 9.96. The normalized spacial score (nSPS) is 23.4. The number of hydrogen-bond acceptors (Lipinski definition) is 3. The van der Waals surface area contributed by atoms with Crippen LogP contribution in [0.25, 0.3) is 0 Å². The summed E-state index contributed by atoms with van der Waals surface area (Å²) in [5, 5.41) is 7.48. The van der Waals surface area contributed by atoms with Gasteiger partial charge in [-0.3, -0.25) is 0 Å². The molecule has 1 aliphatic rings. The van der Waals surface area contributed by atoms with Crippen LogP contribution in [0.2, 0.25) is 0 Å². The largest absolute Gasteiger partial charge is 0.361 e. The fourth-order valence-electron chi connectivity index (χ4n) is 2.09. The van der Waals surface area contributed by atoms with E-state index in [1.54, 1.807) is 0 Å². The lowest BCUT2D eigenvalue weighted by molar-refractivity contribution is 0.381. The molecular formula is C10H16N2O. The molecule has 1 fully saturated rings. The van der Waals surface area contributed by atoms with Crippen molar-refractivity contribution in [2.45, 2.75) is 39.2 Å². The maximum Gasteiger partial charge on any atom is 0.138 e. The van der Waals surface area contributed by atoms with E-state index in [9.17, 15) is 0 Å². The van der Waals surface area contributed by atoms with Gasteiger partial charge < -0.3 is 9.84 Å². The Hall–Kier alpha value is -0.830. The predicted octanol–water partition coefficient (Wildman–Crippen LogP) is 2.11. The second-order valence-corrected chi connectivity index (χ2v) is 3.74. The van der Waals surface area contributed by atoms with Crippen LogP contribution in [0.4, 0.5) is 0 Å². The van der Waals surface area contributed by atoms with E-state index in [0.717, 1.165) is 18.0 Å². The van der Waals surface area contributed by atoms with Gasteiger partial charge in [0.2, 0.25) is 0 Å². The average molecular weight is 180 g/mol. The molecule has 0 bridgehead atoms. The Bertz CT molecular complexity index is 268. The van der Waals surface area contributed by atoms with Crippen molar-refractivity contribution in [2.24, 2.45) is 0 Å². The van der Waals surface area contributed by atoms with Crippen molar-refractivity contribution >= 4 is 0 Å². The van der Waals surface area contributed by atoms with Crippen LogP contribution in [0, 0.1) is 13.8 Å². The summed E-state index contributed by atoms with van der Waals surface area (Å²) >= 11 is 0. The van der Waals surface area contributed by atoms with Crippen LogP contribution in [-0.2, 0) is 0 Å². The summed E-state index contributed by atoms with van der Waals surface area (Å²) in [5.41, 5.74) is 2.32. The van der Waals surface area contributed by atoms with Crippen molar-refractivity contribution in [3.8, 4) is 0 Å². The Labute approximate surface area is 78.5 Å². The van der Waals surface area contributed by atoms with Crippen LogP contribution in [0.15, 0.2) is 4.52 Å². The second kappa shape index (κ2) is 3.50. The SMILES string of the molecule is Cc1noc(C)c1C1CCCCN1. The molecule has 0 saturated carbocycles. The Morgan fingerprint density at radius 3 is 2.77 bits per heavy atom. The van der Waals surface area contributed by atoms with E-state index in [0.29, 0.717) is 6.04 Å². The van der Waals surface area contributed by atoms with Gasteiger partial charge in [0.15, 0.2) is 0 Å². The van der Waals surface area contributed by atoms with Gasteiger partial charge in [0.05, 0.1) is 5.69 Å². The molecule has 3 nitrogen and oxygen atoms in total. The molecule has 0 aromatic carbocycles. The molecule has 13 heavy (non-hydrogen) atoms. The van der Waals surface area contributed by atoms with Crippen LogP contribution in [-0.4, -0.2) is 11.7 Å². The second-order valence-electron chi connectivity index (χ2n) is 3.74. The molecule has 1 N–H and O–H groups in total. The van der Waals surface area contributed by atoms with Gasteiger partial charge >= 0.3 is 0 Å². The smallest absolute Gasteiger partial charge is 0.138 e. The van der Waals surface area contributed by atoms with Crippen molar-refractivity contribution in [1.29, 1.82) is 0 Å². The van der Waals surface area contributed by atoms with E-state index in [1.165, 1.54) is 24.8 Å². The van der Waals surface area contributed by atoms with Gasteiger partial charge in [0.25, 0.3) is 0 Å². The Morgan fingerprint density at radius 2 is 2.23 bits per heavy atom. The van der Waals surface area contributed by atoms with Crippen LogP contribution in [0.3, 0.4) is 0 Å². The van der Waals surface area contributed by atoms with E-state index in [1.807, 2.05) is 13.8 Å². The van der Waals surface area contributed by atoms with E-state index in [4.69, 9.17) is 4.52 Å². The van der Waals surface area contributed by atoms with E-state index in [2.05, 4.69) is 10.5 Å². The topological polar surface area (TPSA) is 38.1 Å². The molecule has 1 atom stereocenters. The lowest BCUT2D eigenvalue weighted by Crippen LogP contribution is -2.27. The number of aryl methyl sites for hydroxylation is 2. The summed E-state index contributed by atoms with van der Waals surface area (Å²) in [6.45, 7) is 5.13. The number of rotatable bonds is 1. The van der Waals surface area contributed by atoms with E-state index < -0.39 is 0 Å². The predicted molar refractivity (Wildman–Crippen MR) is 50.6 cm³/mol. The maximum atomic E-state index is 5.16. The third-order valence-electron chi connectivity index (χ3n) is 2.75. The maximum absolute atomic E-state index is 5.16. The molecule has 0 radical (unpaired) electrons. The number of nitrogens with one attached hydrogen (secondary N) is 1. The molecule has 0 spiro atoms. The average Bonchev–Trinajstić information content (AvgIpc) is 2.48. The fourth-order valence-corrected chi connectivity index (χ4v) is 2.09. The van der Waals surface area contributed by atoms with Gasteiger partial charge in [-0.05, 0) is 33.2 Å². The molecule has 1 aromatic heterocycles. The van der Waals surface area contributed by atoms with Gasteiger partial charge in [0, 0.05) is 11.6 Å². The van der Waals surface area contributed by atoms with Gasteiger partial charge in [0.1, 0.15) is 5.76 Å². The monoisotopic (exact) mass is 180 g/mol. The molecule has 3 heteroatoms. The first-order valence-electron chi connectivity index (χ1n) is 4.95. The zero-order valence-electron chi connectivity index (χ0n) is 8.26. The molecule has 2 rings (SSSR count). The van der Waals surface area contributed by atoms with Gasteiger partial charge in [-0.25, -0.2) is 0 Å². The standard InChI is InChI=1S/C10H16N2O/c1-7-10(8(2)13-12-7)9-5-3-4-6-11-9/h9,11H,3-6H2,1-2H3. The number of piperidine rings is 1. The number of aromatic nitrogens is 1. The molecule has 1 unspecified atom stereocenters. The van der Waals surface area contributed by atoms with Crippen LogP contribution in [0.5, 0.6) is 0 Å². The van der Waals surface area contributed by atoms with Crippen molar-refractivity contribution in [1.82, 2.24) is 10.5 Å². The van der Waals surface area contributed by atoms with Crippen LogP contribution >= 0.6 is 0 Å². The third kappa shape index (κ3) is 1.61. The van der Waals surface area contributed by atoms with Crippen molar-refractivity contribution in [2.75, 3.05) is 6.54 Å². The number of hydrogen-bond donors (Lipinski definition) is 1. The summed E-state index contributed by atoms with van der Waals surface area (Å²) in [7, 11) is 0. The first kappa shape index (κ1) is 8.75. The fraction of sp³-hybridized carbons (Fsp3) is 0.700. The van der Waals surface area contributed by atoms with E-state index >= 15 is 0 Å². The van der Waals surface area contributed by atoms with Crippen molar-refractivity contribution in [3.63, 3.8) is 0 Å². The molecule has 72 valence electrons. The number of nitrogens with zero attached hydrogens (tertiary/aromatic N) is 1. The Morgan fingerprint density at radius 1 is 1.38 bits per heavy atom. The molecular weight excluding hydrogens is 164 g/mol. The molecule has 2 heterocycles. The quantitative estimate of drug-likeness (QED) is 0.719. The van der Waals surface area contributed by atoms with E-state index in [-0.39, 0.29) is 0 Å². The summed E-state index contributed by atoms with van der Waals surface area (Å²) in [4.78, 5) is 0. The highest BCUT2D eigenvalue weighted by molar-refractivity contribution is 5.25. The molecule has 1 aliphatic heterocycles. The lowest BCUT2D eigenvalue weighted by Gasteiger charge is -2.23. The summed E-state index contributed by atoms with van der Waals surface area (Å²) in [6, 6.07) is 0.472. The zero-order chi connectivity index (χ0) is 9.26. The van der Waals surface area contributed by atoms with Gasteiger partial charge in [-0.2, -0.15) is 0 Å². The minimum atomic E-state index is 0.472. The molecule has 0 aliphatic carbocycles. The summed E-state index contributed by atoms with van der Waals surface area (Å²) in [6.07, 6.45) is 3.81. The van der Waals surface area contributed by atoms with Crippen LogP contribution in [0.1, 0.15) is 42.3 Å². The molecule has 1 aromatic rings. The summed E-state index contributed by atoms with van der Waals surface area (Å²) < 4.78 is 5.16. The summed E-state index contributed by atoms with van der Waals surface area (Å²) in [5.74, 6) is 0.969. The highest BCUT2D eigenvalue weighted by atomic mass is 16.5. The minimum absolute atomic E-state index is 0.472.